The molecule has 1 fully saturated rings. The van der Waals surface area contributed by atoms with Gasteiger partial charge >= 0.3 is 12.0 Å². The van der Waals surface area contributed by atoms with E-state index in [-0.39, 0.29) is 31.9 Å². The summed E-state index contributed by atoms with van der Waals surface area (Å²) in [6, 6.07) is 7.35. The van der Waals surface area contributed by atoms with Crippen LogP contribution in [0, 0.1) is 0 Å². The molecule has 1 aromatic heterocycles. The van der Waals surface area contributed by atoms with E-state index in [1.165, 1.54) is 6.33 Å². The van der Waals surface area contributed by atoms with Crippen LogP contribution in [0.15, 0.2) is 42.7 Å². The number of amides is 2. The first-order valence-corrected chi connectivity index (χ1v) is 9.34. The number of nitrogens with one attached hydrogen (secondary N) is 1. The van der Waals surface area contributed by atoms with Gasteiger partial charge in [-0.05, 0) is 19.1 Å². The molecule has 29 heavy (non-hydrogen) atoms. The first-order chi connectivity index (χ1) is 14.0. The van der Waals surface area contributed by atoms with Crippen LogP contribution in [0.2, 0.25) is 0 Å². The van der Waals surface area contributed by atoms with Crippen molar-refractivity contribution in [3.63, 3.8) is 0 Å². The Morgan fingerprint density at radius 1 is 1.34 bits per heavy atom. The highest BCUT2D eigenvalue weighted by Gasteiger charge is 2.25. The molecule has 3 rings (SSSR count). The lowest BCUT2D eigenvalue weighted by Crippen LogP contribution is -2.51. The van der Waals surface area contributed by atoms with Gasteiger partial charge in [-0.15, -0.1) is 0 Å². The number of carbonyl (C=O) groups is 2. The van der Waals surface area contributed by atoms with Gasteiger partial charge in [-0.2, -0.15) is 0 Å². The molecule has 2 heterocycles. The maximum absolute atomic E-state index is 12.3. The second-order valence-electron chi connectivity index (χ2n) is 6.59. The van der Waals surface area contributed by atoms with Crippen LogP contribution >= 0.6 is 0 Å². The number of hydrogen-bond acceptors (Lipinski definition) is 7. The van der Waals surface area contributed by atoms with Crippen LogP contribution in [0.4, 0.5) is 4.79 Å². The van der Waals surface area contributed by atoms with Gasteiger partial charge in [0, 0.05) is 12.1 Å². The average Bonchev–Trinajstić information content (AvgIpc) is 2.75. The van der Waals surface area contributed by atoms with E-state index in [1.807, 2.05) is 24.3 Å². The Bertz CT molecular complexity index is 883. The van der Waals surface area contributed by atoms with Crippen molar-refractivity contribution in [3.05, 3.63) is 42.7 Å². The number of aromatic nitrogens is 2. The van der Waals surface area contributed by atoms with Gasteiger partial charge in [0.25, 0.3) is 0 Å². The molecule has 2 aromatic rings. The molecule has 1 unspecified atom stereocenters. The second kappa shape index (κ2) is 9.83. The van der Waals surface area contributed by atoms with Crippen LogP contribution in [0.5, 0.6) is 5.88 Å². The summed E-state index contributed by atoms with van der Waals surface area (Å²) < 4.78 is 16.5. The van der Waals surface area contributed by atoms with Crippen LogP contribution < -0.4 is 10.1 Å². The molecule has 154 valence electrons. The summed E-state index contributed by atoms with van der Waals surface area (Å²) >= 11 is 0. The Balaban J connectivity index is 1.46. The van der Waals surface area contributed by atoms with Crippen LogP contribution in [-0.4, -0.2) is 72.4 Å². The number of urea groups is 1. The minimum Gasteiger partial charge on any atom is -0.474 e. The molecule has 2 amide bonds. The van der Waals surface area contributed by atoms with Crippen LogP contribution in [0.25, 0.3) is 10.9 Å². The van der Waals surface area contributed by atoms with E-state index in [1.54, 1.807) is 11.8 Å². The minimum atomic E-state index is -0.472. The molecule has 1 aromatic carbocycles. The van der Waals surface area contributed by atoms with E-state index < -0.39 is 5.97 Å². The smallest absolute Gasteiger partial charge is 0.333 e. The van der Waals surface area contributed by atoms with E-state index in [4.69, 9.17) is 14.2 Å². The number of nitrogens with zero attached hydrogens (tertiary/aromatic N) is 3. The van der Waals surface area contributed by atoms with E-state index in [9.17, 15) is 9.59 Å². The van der Waals surface area contributed by atoms with Crippen molar-refractivity contribution in [1.82, 2.24) is 20.2 Å². The predicted octanol–water partition coefficient (Wildman–Crippen LogP) is 1.54. The normalized spacial score (nSPS) is 16.3. The highest BCUT2D eigenvalue weighted by atomic mass is 16.5. The number of hydrogen-bond donors (Lipinski definition) is 1. The number of morpholine rings is 1. The molecule has 1 saturated heterocycles. The summed E-state index contributed by atoms with van der Waals surface area (Å²) in [6.07, 6.45) is 1.18. The highest BCUT2D eigenvalue weighted by Crippen LogP contribution is 2.21. The molecule has 0 aliphatic carbocycles. The number of para-hydroxylation sites is 1. The first kappa shape index (κ1) is 20.5. The number of ether oxygens (including phenoxy) is 3. The Hall–Kier alpha value is -3.20. The van der Waals surface area contributed by atoms with Crippen molar-refractivity contribution in [2.45, 2.75) is 13.0 Å². The molecule has 1 aliphatic rings. The number of carbonyl (C=O) groups excluding carboxylic acids is 2. The molecule has 0 radical (unpaired) electrons. The molecule has 1 atom stereocenters. The third kappa shape index (κ3) is 5.64. The highest BCUT2D eigenvalue weighted by molar-refractivity contribution is 5.87. The molecule has 9 nitrogen and oxygen atoms in total. The standard InChI is InChI=1S/C20H24N4O5/c1-14(2)19(25)28-9-7-21-20(26)24-8-10-27-15(11-24)12-29-18-16-5-3-4-6-17(16)22-13-23-18/h3-6,13,15H,1,7-12H2,2H3,(H,21,26). The average molecular weight is 400 g/mol. The monoisotopic (exact) mass is 400 g/mol. The van der Waals surface area contributed by atoms with Crippen molar-refractivity contribution in [3.8, 4) is 5.88 Å². The van der Waals surface area contributed by atoms with E-state index >= 15 is 0 Å². The summed E-state index contributed by atoms with van der Waals surface area (Å²) in [7, 11) is 0. The third-order valence-corrected chi connectivity index (χ3v) is 4.30. The fourth-order valence-corrected chi connectivity index (χ4v) is 2.81. The summed E-state index contributed by atoms with van der Waals surface area (Å²) in [6.45, 7) is 6.94. The molecule has 0 saturated carbocycles. The summed E-state index contributed by atoms with van der Waals surface area (Å²) in [5.41, 5.74) is 1.12. The van der Waals surface area contributed by atoms with Crippen LogP contribution in [0.1, 0.15) is 6.92 Å². The van der Waals surface area contributed by atoms with Gasteiger partial charge in [-0.3, -0.25) is 0 Å². The Labute approximate surface area is 168 Å². The largest absolute Gasteiger partial charge is 0.474 e. The number of fused-ring (bicyclic) bond motifs is 1. The van der Waals surface area contributed by atoms with Gasteiger partial charge in [-0.25, -0.2) is 19.6 Å². The van der Waals surface area contributed by atoms with Crippen molar-refractivity contribution in [1.29, 1.82) is 0 Å². The van der Waals surface area contributed by atoms with E-state index in [0.717, 1.165) is 10.9 Å². The third-order valence-electron chi connectivity index (χ3n) is 4.30. The SMILES string of the molecule is C=C(C)C(=O)OCCNC(=O)N1CCOC(COc2ncnc3ccccc23)C1. The molecule has 1 N–H and O–H groups in total. The molecule has 0 spiro atoms. The van der Waals surface area contributed by atoms with Gasteiger partial charge in [0.15, 0.2) is 0 Å². The topological polar surface area (TPSA) is 103 Å². The Morgan fingerprint density at radius 3 is 3.00 bits per heavy atom. The summed E-state index contributed by atoms with van der Waals surface area (Å²) in [5.74, 6) is 0.0141. The number of benzene rings is 1. The first-order valence-electron chi connectivity index (χ1n) is 9.34. The van der Waals surface area contributed by atoms with Crippen molar-refractivity contribution >= 4 is 22.9 Å². The maximum atomic E-state index is 12.3. The second-order valence-corrected chi connectivity index (χ2v) is 6.59. The number of esters is 1. The Morgan fingerprint density at radius 2 is 2.17 bits per heavy atom. The fourth-order valence-electron chi connectivity index (χ4n) is 2.81. The summed E-state index contributed by atoms with van der Waals surface area (Å²) in [4.78, 5) is 33.7. The predicted molar refractivity (Wildman–Crippen MR) is 106 cm³/mol. The van der Waals surface area contributed by atoms with Crippen molar-refractivity contribution in [2.75, 3.05) is 39.5 Å². The Kier molecular flexibility index (Phi) is 6.96. The lowest BCUT2D eigenvalue weighted by Gasteiger charge is -2.32. The van der Waals surface area contributed by atoms with Gasteiger partial charge in [-0.1, -0.05) is 18.7 Å². The zero-order valence-corrected chi connectivity index (χ0v) is 16.3. The van der Waals surface area contributed by atoms with Crippen LogP contribution in [0.3, 0.4) is 0 Å². The lowest BCUT2D eigenvalue weighted by molar-refractivity contribution is -0.138. The van der Waals surface area contributed by atoms with Gasteiger partial charge in [0.05, 0.1) is 30.6 Å². The molecule has 0 bridgehead atoms. The van der Waals surface area contributed by atoms with Crippen LogP contribution in [-0.2, 0) is 14.3 Å². The van der Waals surface area contributed by atoms with Crippen molar-refractivity contribution < 1.29 is 23.8 Å². The van der Waals surface area contributed by atoms with Gasteiger partial charge in [0.2, 0.25) is 5.88 Å². The van der Waals surface area contributed by atoms with Gasteiger partial charge < -0.3 is 24.4 Å². The molecular weight excluding hydrogens is 376 g/mol. The maximum Gasteiger partial charge on any atom is 0.333 e. The van der Waals surface area contributed by atoms with Crippen molar-refractivity contribution in [2.24, 2.45) is 0 Å². The molecule has 9 heteroatoms. The van der Waals surface area contributed by atoms with E-state index in [2.05, 4.69) is 21.9 Å². The fraction of sp³-hybridized carbons (Fsp3) is 0.400. The molecule has 1 aliphatic heterocycles. The number of rotatable bonds is 7. The molecular formula is C20H24N4O5. The van der Waals surface area contributed by atoms with Gasteiger partial charge in [0.1, 0.15) is 25.6 Å². The quantitative estimate of drug-likeness (QED) is 0.427. The van der Waals surface area contributed by atoms with E-state index in [0.29, 0.717) is 31.1 Å². The zero-order chi connectivity index (χ0) is 20.6. The summed E-state index contributed by atoms with van der Waals surface area (Å²) in [5, 5.41) is 3.55. The minimum absolute atomic E-state index is 0.0924. The lowest BCUT2D eigenvalue weighted by atomic mass is 10.2. The zero-order valence-electron chi connectivity index (χ0n) is 16.3.